The van der Waals surface area contributed by atoms with Crippen LogP contribution in [-0.2, 0) is 11.3 Å². The molecule has 4 N–H and O–H groups in total. The molecular formula is C13H17FN2O2. The van der Waals surface area contributed by atoms with Gasteiger partial charge in [0.25, 0.3) is 0 Å². The van der Waals surface area contributed by atoms with Gasteiger partial charge in [-0.05, 0) is 43.5 Å². The smallest absolute Gasteiger partial charge is 0.248 e. The van der Waals surface area contributed by atoms with Crippen molar-refractivity contribution in [3.8, 4) is 0 Å². The first kappa shape index (κ1) is 13.0. The standard InChI is InChI=1S/C13H17FN2O2/c14-12-2-1-9(13(16)17)5-10(12)7-18-11-3-8(4-11)6-15/h1-2,5,8,11H,3-4,6-7,15H2,(H2,16,17). The average Bonchev–Trinajstić information content (AvgIpc) is 2.29. The molecule has 0 radical (unpaired) electrons. The Bertz CT molecular complexity index is 445. The van der Waals surface area contributed by atoms with Crippen molar-refractivity contribution in [3.05, 3.63) is 35.1 Å². The monoisotopic (exact) mass is 252 g/mol. The molecule has 1 fully saturated rings. The minimum Gasteiger partial charge on any atom is -0.373 e. The van der Waals surface area contributed by atoms with Gasteiger partial charge < -0.3 is 16.2 Å². The third-order valence-corrected chi connectivity index (χ3v) is 3.33. The first-order valence-electron chi connectivity index (χ1n) is 6.00. The van der Waals surface area contributed by atoms with Gasteiger partial charge in [0.15, 0.2) is 0 Å². The van der Waals surface area contributed by atoms with E-state index in [1.165, 1.54) is 18.2 Å². The zero-order valence-corrected chi connectivity index (χ0v) is 10.1. The molecular weight excluding hydrogens is 235 g/mol. The molecule has 0 aromatic heterocycles. The lowest BCUT2D eigenvalue weighted by atomic mass is 9.82. The fraction of sp³-hybridized carbons (Fsp3) is 0.462. The second kappa shape index (κ2) is 5.46. The van der Waals surface area contributed by atoms with Crippen molar-refractivity contribution in [3.63, 3.8) is 0 Å². The van der Waals surface area contributed by atoms with E-state index in [9.17, 15) is 9.18 Å². The molecule has 0 spiro atoms. The van der Waals surface area contributed by atoms with Crippen LogP contribution >= 0.6 is 0 Å². The Kier molecular flexibility index (Phi) is 3.93. The third kappa shape index (κ3) is 2.86. The van der Waals surface area contributed by atoms with Crippen LogP contribution in [0.25, 0.3) is 0 Å². The number of ether oxygens (including phenoxy) is 1. The van der Waals surface area contributed by atoms with E-state index in [1.807, 2.05) is 0 Å². The number of rotatable bonds is 5. The van der Waals surface area contributed by atoms with Gasteiger partial charge in [0.2, 0.25) is 5.91 Å². The van der Waals surface area contributed by atoms with Gasteiger partial charge in [-0.1, -0.05) is 0 Å². The van der Waals surface area contributed by atoms with Crippen LogP contribution in [0.3, 0.4) is 0 Å². The molecule has 0 bridgehead atoms. The number of hydrogen-bond donors (Lipinski definition) is 2. The Hall–Kier alpha value is -1.46. The number of carbonyl (C=O) groups excluding carboxylic acids is 1. The Morgan fingerprint density at radius 1 is 1.44 bits per heavy atom. The average molecular weight is 252 g/mol. The lowest BCUT2D eigenvalue weighted by molar-refractivity contribution is -0.0384. The Balaban J connectivity index is 1.92. The molecule has 0 heterocycles. The molecule has 4 nitrogen and oxygen atoms in total. The molecule has 2 rings (SSSR count). The number of primary amides is 1. The van der Waals surface area contributed by atoms with Gasteiger partial charge >= 0.3 is 0 Å². The lowest BCUT2D eigenvalue weighted by Gasteiger charge is -2.34. The molecule has 1 saturated carbocycles. The molecule has 1 amide bonds. The molecule has 0 aliphatic heterocycles. The molecule has 1 aromatic rings. The van der Waals surface area contributed by atoms with Gasteiger partial charge in [0, 0.05) is 11.1 Å². The maximum absolute atomic E-state index is 13.5. The highest BCUT2D eigenvalue weighted by molar-refractivity contribution is 5.92. The third-order valence-electron chi connectivity index (χ3n) is 3.33. The number of halogens is 1. The van der Waals surface area contributed by atoms with E-state index in [1.54, 1.807) is 0 Å². The summed E-state index contributed by atoms with van der Waals surface area (Å²) in [5.41, 5.74) is 11.3. The van der Waals surface area contributed by atoms with E-state index < -0.39 is 5.91 Å². The van der Waals surface area contributed by atoms with Crippen molar-refractivity contribution in [2.75, 3.05) is 6.54 Å². The molecule has 0 unspecified atom stereocenters. The fourth-order valence-corrected chi connectivity index (χ4v) is 2.05. The second-order valence-electron chi connectivity index (χ2n) is 4.68. The van der Waals surface area contributed by atoms with Crippen LogP contribution in [-0.4, -0.2) is 18.6 Å². The summed E-state index contributed by atoms with van der Waals surface area (Å²) in [7, 11) is 0. The molecule has 0 atom stereocenters. The fourth-order valence-electron chi connectivity index (χ4n) is 2.05. The van der Waals surface area contributed by atoms with Crippen LogP contribution in [0.2, 0.25) is 0 Å². The van der Waals surface area contributed by atoms with Gasteiger partial charge in [-0.15, -0.1) is 0 Å². The summed E-state index contributed by atoms with van der Waals surface area (Å²) in [6, 6.07) is 4.05. The van der Waals surface area contributed by atoms with Gasteiger partial charge in [-0.3, -0.25) is 4.79 Å². The molecule has 5 heteroatoms. The predicted octanol–water partition coefficient (Wildman–Crippen LogP) is 1.18. The summed E-state index contributed by atoms with van der Waals surface area (Å²) in [4.78, 5) is 11.0. The van der Waals surface area contributed by atoms with Gasteiger partial charge in [0.1, 0.15) is 5.82 Å². The largest absolute Gasteiger partial charge is 0.373 e. The topological polar surface area (TPSA) is 78.3 Å². The van der Waals surface area contributed by atoms with Crippen LogP contribution < -0.4 is 11.5 Å². The Morgan fingerprint density at radius 2 is 2.17 bits per heavy atom. The zero-order chi connectivity index (χ0) is 13.1. The van der Waals surface area contributed by atoms with E-state index in [2.05, 4.69) is 0 Å². The summed E-state index contributed by atoms with van der Waals surface area (Å²) in [6.45, 7) is 0.834. The molecule has 1 aliphatic carbocycles. The highest BCUT2D eigenvalue weighted by Gasteiger charge is 2.28. The molecule has 1 aromatic carbocycles. The van der Waals surface area contributed by atoms with Crippen molar-refractivity contribution in [1.82, 2.24) is 0 Å². The number of nitrogens with two attached hydrogens (primary N) is 2. The molecule has 18 heavy (non-hydrogen) atoms. The maximum atomic E-state index is 13.5. The van der Waals surface area contributed by atoms with Crippen LogP contribution in [0.5, 0.6) is 0 Å². The van der Waals surface area contributed by atoms with Crippen molar-refractivity contribution in [2.24, 2.45) is 17.4 Å². The van der Waals surface area contributed by atoms with E-state index >= 15 is 0 Å². The van der Waals surface area contributed by atoms with E-state index in [-0.39, 0.29) is 18.5 Å². The first-order chi connectivity index (χ1) is 8.60. The van der Waals surface area contributed by atoms with Crippen LogP contribution in [0, 0.1) is 11.7 Å². The molecule has 1 aliphatic rings. The van der Waals surface area contributed by atoms with Crippen molar-refractivity contribution in [2.45, 2.75) is 25.6 Å². The second-order valence-corrected chi connectivity index (χ2v) is 4.68. The van der Waals surface area contributed by atoms with Gasteiger partial charge in [0.05, 0.1) is 12.7 Å². The van der Waals surface area contributed by atoms with E-state index in [0.29, 0.717) is 23.6 Å². The van der Waals surface area contributed by atoms with Crippen LogP contribution in [0.15, 0.2) is 18.2 Å². The van der Waals surface area contributed by atoms with Crippen LogP contribution in [0.4, 0.5) is 4.39 Å². The Morgan fingerprint density at radius 3 is 2.78 bits per heavy atom. The first-order valence-corrected chi connectivity index (χ1v) is 6.00. The van der Waals surface area contributed by atoms with Crippen molar-refractivity contribution in [1.29, 1.82) is 0 Å². The minimum absolute atomic E-state index is 0.148. The lowest BCUT2D eigenvalue weighted by Crippen LogP contribution is -2.35. The normalized spacial score (nSPS) is 22.6. The number of benzene rings is 1. The number of carbonyl (C=O) groups is 1. The zero-order valence-electron chi connectivity index (χ0n) is 10.1. The van der Waals surface area contributed by atoms with Crippen molar-refractivity contribution >= 4 is 5.91 Å². The Labute approximate surface area is 105 Å². The minimum atomic E-state index is -0.567. The molecule has 98 valence electrons. The summed E-state index contributed by atoms with van der Waals surface area (Å²) >= 11 is 0. The summed E-state index contributed by atoms with van der Waals surface area (Å²) in [6.07, 6.45) is 2.00. The number of hydrogen-bond acceptors (Lipinski definition) is 3. The summed E-state index contributed by atoms with van der Waals surface area (Å²) in [5.74, 6) is -0.422. The maximum Gasteiger partial charge on any atom is 0.248 e. The van der Waals surface area contributed by atoms with Crippen molar-refractivity contribution < 1.29 is 13.9 Å². The number of amides is 1. The molecule has 0 saturated heterocycles. The summed E-state index contributed by atoms with van der Waals surface area (Å²) in [5, 5.41) is 0. The van der Waals surface area contributed by atoms with Gasteiger partial charge in [-0.2, -0.15) is 0 Å². The summed E-state index contributed by atoms with van der Waals surface area (Å²) < 4.78 is 19.1. The van der Waals surface area contributed by atoms with Gasteiger partial charge in [-0.25, -0.2) is 4.39 Å². The predicted molar refractivity (Wildman–Crippen MR) is 65.3 cm³/mol. The van der Waals surface area contributed by atoms with E-state index in [0.717, 1.165) is 12.8 Å². The van der Waals surface area contributed by atoms with Crippen LogP contribution in [0.1, 0.15) is 28.8 Å². The highest BCUT2D eigenvalue weighted by Crippen LogP contribution is 2.29. The quantitative estimate of drug-likeness (QED) is 0.826. The SMILES string of the molecule is NCC1CC(OCc2cc(C(N)=O)ccc2F)C1. The highest BCUT2D eigenvalue weighted by atomic mass is 19.1. The van der Waals surface area contributed by atoms with E-state index in [4.69, 9.17) is 16.2 Å².